The molecule has 0 saturated heterocycles. The van der Waals surface area contributed by atoms with Crippen LogP contribution < -0.4 is 0 Å². The number of hydrogen-bond acceptors (Lipinski definition) is 4. The fourth-order valence-corrected chi connectivity index (χ4v) is 8.91. The maximum atomic E-state index is 13.6. The van der Waals surface area contributed by atoms with Crippen molar-refractivity contribution in [3.63, 3.8) is 0 Å². The molecule has 350 valence electrons. The summed E-state index contributed by atoms with van der Waals surface area (Å²) >= 11 is 0. The number of ketones is 1. The van der Waals surface area contributed by atoms with Gasteiger partial charge in [-0.3, -0.25) is 4.79 Å². The number of carbonyl (C=O) groups excluding carboxylic acids is 1. The van der Waals surface area contributed by atoms with E-state index in [-0.39, 0.29) is 12.2 Å². The van der Waals surface area contributed by atoms with Gasteiger partial charge in [-0.25, -0.2) is 0 Å². The van der Waals surface area contributed by atoms with Crippen LogP contribution in [0.2, 0.25) is 0 Å². The van der Waals surface area contributed by atoms with E-state index in [4.69, 9.17) is 0 Å². The highest BCUT2D eigenvalue weighted by atomic mass is 16.4. The Morgan fingerprint density at radius 1 is 0.373 bits per heavy atom. The Morgan fingerprint density at radius 3 is 0.983 bits per heavy atom. The van der Waals surface area contributed by atoms with Crippen LogP contribution in [0.1, 0.15) is 303 Å². The second-order valence-electron chi connectivity index (χ2n) is 18.9. The maximum Gasteiger partial charge on any atom is 0.174 e. The fraction of sp³-hybridized carbons (Fsp3) is 0.909. The summed E-state index contributed by atoms with van der Waals surface area (Å²) < 4.78 is 0. The van der Waals surface area contributed by atoms with Crippen LogP contribution in [-0.2, 0) is 4.79 Å². The van der Waals surface area contributed by atoms with Gasteiger partial charge in [0.15, 0.2) is 11.4 Å². The first-order valence-corrected chi connectivity index (χ1v) is 26.8. The normalized spacial score (nSPS) is 14.1. The second-order valence-corrected chi connectivity index (χ2v) is 18.9. The smallest absolute Gasteiger partial charge is 0.174 e. The number of carbonyl (C=O) groups is 1. The van der Waals surface area contributed by atoms with Gasteiger partial charge in [-0.2, -0.15) is 0 Å². The zero-order valence-corrected chi connectivity index (χ0v) is 40.4. The summed E-state index contributed by atoms with van der Waals surface area (Å²) in [6.45, 7) is 6.11. The Labute approximate surface area is 370 Å². The number of aliphatic hydroxyl groups is 3. The number of unbranched alkanes of at least 4 members (excludes halogenated alkanes) is 36. The molecule has 0 aliphatic carbocycles. The molecule has 4 nitrogen and oxygen atoms in total. The molecular formula is C55H106O4. The minimum Gasteiger partial charge on any atom is -0.393 e. The second kappa shape index (κ2) is 45.1. The highest BCUT2D eigenvalue weighted by molar-refractivity contribution is 5.88. The van der Waals surface area contributed by atoms with E-state index in [0.717, 1.165) is 70.6 Å². The minimum absolute atomic E-state index is 0.236. The van der Waals surface area contributed by atoms with E-state index in [0.29, 0.717) is 12.8 Å². The molecule has 0 bridgehead atoms. The molecule has 59 heavy (non-hydrogen) atoms. The molecule has 0 saturated carbocycles. The van der Waals surface area contributed by atoms with Crippen LogP contribution in [0.3, 0.4) is 0 Å². The van der Waals surface area contributed by atoms with Crippen molar-refractivity contribution in [2.75, 3.05) is 6.61 Å². The Hall–Kier alpha value is -0.970. The molecule has 0 fully saturated rings. The summed E-state index contributed by atoms with van der Waals surface area (Å²) in [5, 5.41) is 34.4. The van der Waals surface area contributed by atoms with Crippen LogP contribution in [0.25, 0.3) is 0 Å². The van der Waals surface area contributed by atoms with Crippen molar-refractivity contribution in [3.05, 3.63) is 24.3 Å². The lowest BCUT2D eigenvalue weighted by atomic mass is 9.72. The third-order valence-corrected chi connectivity index (χ3v) is 13.2. The quantitative estimate of drug-likeness (QED) is 0.0422. The molecule has 2 atom stereocenters. The lowest BCUT2D eigenvalue weighted by molar-refractivity contribution is -0.190. The predicted octanol–water partition coefficient (Wildman–Crippen LogP) is 17.3. The number of rotatable bonds is 49. The van der Waals surface area contributed by atoms with Crippen LogP contribution in [0.15, 0.2) is 24.3 Å². The molecule has 0 aromatic carbocycles. The zero-order valence-electron chi connectivity index (χ0n) is 40.4. The van der Waals surface area contributed by atoms with E-state index in [1.54, 1.807) is 0 Å². The van der Waals surface area contributed by atoms with E-state index in [2.05, 4.69) is 45.1 Å². The Balaban J connectivity index is 4.66. The molecule has 0 spiro atoms. The third kappa shape index (κ3) is 35.2. The largest absolute Gasteiger partial charge is 0.393 e. The average molecular weight is 831 g/mol. The van der Waals surface area contributed by atoms with Crippen LogP contribution in [-0.4, -0.2) is 38.9 Å². The molecule has 0 aromatic rings. The van der Waals surface area contributed by atoms with E-state index >= 15 is 0 Å². The average Bonchev–Trinajstić information content (AvgIpc) is 3.24. The van der Waals surface area contributed by atoms with Crippen LogP contribution >= 0.6 is 0 Å². The lowest BCUT2D eigenvalue weighted by Gasteiger charge is -2.42. The van der Waals surface area contributed by atoms with Crippen molar-refractivity contribution in [2.45, 2.75) is 314 Å². The highest BCUT2D eigenvalue weighted by Gasteiger charge is 2.52. The van der Waals surface area contributed by atoms with Gasteiger partial charge in [0, 0.05) is 6.42 Å². The molecule has 0 rings (SSSR count). The van der Waals surface area contributed by atoms with Crippen LogP contribution in [0.5, 0.6) is 0 Å². The van der Waals surface area contributed by atoms with Crippen LogP contribution in [0, 0.1) is 0 Å². The molecule has 4 heteroatoms. The van der Waals surface area contributed by atoms with E-state index in [1.807, 2.05) is 0 Å². The summed E-state index contributed by atoms with van der Waals surface area (Å²) in [4.78, 5) is 13.6. The van der Waals surface area contributed by atoms with Crippen molar-refractivity contribution in [1.82, 2.24) is 0 Å². The Bertz CT molecular complexity index is 913. The molecule has 0 radical (unpaired) electrons. The number of Topliss-reactive ketones (excluding diaryl/α,β-unsaturated/α-hetero) is 1. The van der Waals surface area contributed by atoms with Gasteiger partial charge >= 0.3 is 0 Å². The summed E-state index contributed by atoms with van der Waals surface area (Å²) in [5.41, 5.74) is -3.64. The van der Waals surface area contributed by atoms with Crippen molar-refractivity contribution in [1.29, 1.82) is 0 Å². The molecule has 0 aliphatic rings. The molecule has 0 heterocycles. The van der Waals surface area contributed by atoms with Gasteiger partial charge in [0.2, 0.25) is 0 Å². The highest BCUT2D eigenvalue weighted by Crippen LogP contribution is 2.36. The van der Waals surface area contributed by atoms with Crippen molar-refractivity contribution in [2.24, 2.45) is 0 Å². The van der Waals surface area contributed by atoms with E-state index in [1.165, 1.54) is 193 Å². The third-order valence-electron chi connectivity index (χ3n) is 13.2. The van der Waals surface area contributed by atoms with Gasteiger partial charge in [-0.05, 0) is 51.4 Å². The number of allylic oxidation sites excluding steroid dienone is 4. The van der Waals surface area contributed by atoms with Gasteiger partial charge in [-0.15, -0.1) is 0 Å². The minimum atomic E-state index is -2.07. The molecular weight excluding hydrogens is 725 g/mol. The first kappa shape index (κ1) is 58.0. The summed E-state index contributed by atoms with van der Waals surface area (Å²) in [6, 6.07) is 0. The Morgan fingerprint density at radius 2 is 0.644 bits per heavy atom. The van der Waals surface area contributed by atoms with Crippen molar-refractivity contribution < 1.29 is 20.1 Å². The fourth-order valence-electron chi connectivity index (χ4n) is 8.91. The van der Waals surface area contributed by atoms with Crippen molar-refractivity contribution >= 4 is 5.78 Å². The summed E-state index contributed by atoms with van der Waals surface area (Å²) in [7, 11) is 0. The standard InChI is InChI=1S/C55H106O4/c1-4-7-10-13-16-19-22-25-27-29-32-35-38-41-44-47-50-54(58,51-48-45-42-39-36-33-30-28-26-23-20-17-14-11-8-5-2)55(59,52-56)53(57)49-46-43-40-37-34-31-24-21-18-15-12-9-6-3/h16,19,25,27,56,58-59H,4-15,17-18,20-24,26,28-52H2,1-3H3. The van der Waals surface area contributed by atoms with Gasteiger partial charge in [0.1, 0.15) is 5.60 Å². The van der Waals surface area contributed by atoms with Gasteiger partial charge < -0.3 is 15.3 Å². The monoisotopic (exact) mass is 831 g/mol. The van der Waals surface area contributed by atoms with E-state index < -0.39 is 17.8 Å². The summed E-state index contributed by atoms with van der Waals surface area (Å²) in [6.07, 6.45) is 60.5. The lowest BCUT2D eigenvalue weighted by Crippen LogP contribution is -2.61. The summed E-state index contributed by atoms with van der Waals surface area (Å²) in [5.74, 6) is -0.359. The van der Waals surface area contributed by atoms with Gasteiger partial charge in [0.25, 0.3) is 0 Å². The SMILES string of the molecule is CCCCCC=CCC=CCCCCCCCCC(O)(CCCCCCCCCCCCCCCCCC)C(O)(CO)C(=O)CCCCCCCCCCCCCCC. The number of hydrogen-bond donors (Lipinski definition) is 3. The molecule has 2 unspecified atom stereocenters. The zero-order chi connectivity index (χ0) is 43.2. The number of aliphatic hydroxyl groups excluding tert-OH is 1. The van der Waals surface area contributed by atoms with E-state index in [9.17, 15) is 20.1 Å². The molecule has 0 aliphatic heterocycles. The van der Waals surface area contributed by atoms with Crippen LogP contribution in [0.4, 0.5) is 0 Å². The van der Waals surface area contributed by atoms with Crippen molar-refractivity contribution in [3.8, 4) is 0 Å². The molecule has 3 N–H and O–H groups in total. The first-order valence-electron chi connectivity index (χ1n) is 26.8. The predicted molar refractivity (Wildman–Crippen MR) is 260 cm³/mol. The topological polar surface area (TPSA) is 77.8 Å². The molecule has 0 aromatic heterocycles. The van der Waals surface area contributed by atoms with Gasteiger partial charge in [-0.1, -0.05) is 270 Å². The first-order chi connectivity index (χ1) is 28.9. The molecule has 0 amide bonds. The maximum absolute atomic E-state index is 13.6. The Kier molecular flexibility index (Phi) is 44.3. The van der Waals surface area contributed by atoms with Gasteiger partial charge in [0.05, 0.1) is 6.61 Å².